The number of hydrogen-bond acceptors (Lipinski definition) is 2. The van der Waals surface area contributed by atoms with Gasteiger partial charge in [-0.15, -0.1) is 0 Å². The molecule has 0 amide bonds. The van der Waals surface area contributed by atoms with Gasteiger partial charge < -0.3 is 9.47 Å². The normalized spacial score (nSPS) is 21.3. The van der Waals surface area contributed by atoms with E-state index in [1.165, 1.54) is 12.1 Å². The zero-order chi connectivity index (χ0) is 17.9. The Morgan fingerprint density at radius 2 is 1.36 bits per heavy atom. The Morgan fingerprint density at radius 3 is 1.88 bits per heavy atom. The molecule has 134 valence electrons. The second kappa shape index (κ2) is 7.54. The van der Waals surface area contributed by atoms with Gasteiger partial charge in [-0.3, -0.25) is 0 Å². The lowest BCUT2D eigenvalue weighted by molar-refractivity contribution is -0.211. The summed E-state index contributed by atoms with van der Waals surface area (Å²) in [5.74, 6) is -0.527. The Balaban J connectivity index is 1.56. The van der Waals surface area contributed by atoms with Crippen LogP contribution in [0.25, 0.3) is 11.1 Å². The second-order valence-electron chi connectivity index (χ2n) is 6.15. The van der Waals surface area contributed by atoms with Gasteiger partial charge in [-0.05, 0) is 29.7 Å². The molecule has 1 fully saturated rings. The van der Waals surface area contributed by atoms with Gasteiger partial charge in [-0.1, -0.05) is 36.4 Å². The van der Waals surface area contributed by atoms with E-state index < -0.39 is 18.9 Å². The van der Waals surface area contributed by atoms with Crippen molar-refractivity contribution >= 4 is 0 Å². The van der Waals surface area contributed by atoms with Gasteiger partial charge in [0.25, 0.3) is 0 Å². The molecule has 2 aromatic carbocycles. The van der Waals surface area contributed by atoms with Crippen LogP contribution < -0.4 is 0 Å². The lowest BCUT2D eigenvalue weighted by Gasteiger charge is -2.30. The van der Waals surface area contributed by atoms with Gasteiger partial charge in [0.2, 0.25) is 0 Å². The van der Waals surface area contributed by atoms with Crippen molar-refractivity contribution in [2.45, 2.75) is 25.3 Å². The van der Waals surface area contributed by atoms with Crippen LogP contribution in [0.2, 0.25) is 0 Å². The number of halogens is 4. The molecule has 0 unspecified atom stereocenters. The highest BCUT2D eigenvalue weighted by atomic mass is 19.4. The van der Waals surface area contributed by atoms with Crippen molar-refractivity contribution in [2.24, 2.45) is 5.92 Å². The molecular formula is C19H18F4O2. The molecule has 6 heteroatoms. The lowest BCUT2D eigenvalue weighted by atomic mass is 10.0. The summed E-state index contributed by atoms with van der Waals surface area (Å²) in [5.41, 5.74) is 2.63. The largest absolute Gasteiger partial charge is 0.389 e. The number of rotatable bonds is 4. The first-order chi connectivity index (χ1) is 11.9. The SMILES string of the molecule is Fc1ccc(-c2ccc([C@H]3OC[C@H](CCC(F)(F)F)CO3)cc2)cc1. The van der Waals surface area contributed by atoms with E-state index in [2.05, 4.69) is 0 Å². The summed E-state index contributed by atoms with van der Waals surface area (Å²) in [6.07, 6.45) is -5.52. The molecule has 3 rings (SSSR count). The van der Waals surface area contributed by atoms with E-state index >= 15 is 0 Å². The highest BCUT2D eigenvalue weighted by Gasteiger charge is 2.30. The van der Waals surface area contributed by atoms with Crippen molar-refractivity contribution < 1.29 is 27.0 Å². The molecule has 1 aliphatic rings. The fourth-order valence-electron chi connectivity index (χ4n) is 2.75. The Morgan fingerprint density at radius 1 is 0.840 bits per heavy atom. The van der Waals surface area contributed by atoms with Crippen molar-refractivity contribution in [2.75, 3.05) is 13.2 Å². The Kier molecular flexibility index (Phi) is 5.39. The average molecular weight is 354 g/mol. The number of hydrogen-bond donors (Lipinski definition) is 0. The van der Waals surface area contributed by atoms with Crippen LogP contribution in [-0.4, -0.2) is 19.4 Å². The maximum atomic E-state index is 13.0. The maximum Gasteiger partial charge on any atom is 0.389 e. The van der Waals surface area contributed by atoms with Crippen LogP contribution in [0.15, 0.2) is 48.5 Å². The van der Waals surface area contributed by atoms with Crippen LogP contribution in [0.4, 0.5) is 17.6 Å². The molecule has 0 spiro atoms. The van der Waals surface area contributed by atoms with Crippen molar-refractivity contribution in [3.05, 3.63) is 59.9 Å². The van der Waals surface area contributed by atoms with E-state index in [-0.39, 0.29) is 31.4 Å². The molecule has 0 N–H and O–H groups in total. The van der Waals surface area contributed by atoms with Crippen LogP contribution >= 0.6 is 0 Å². The third kappa shape index (κ3) is 5.03. The molecule has 0 aromatic heterocycles. The van der Waals surface area contributed by atoms with Gasteiger partial charge in [-0.25, -0.2) is 4.39 Å². The molecule has 1 heterocycles. The number of benzene rings is 2. The van der Waals surface area contributed by atoms with Crippen LogP contribution in [0, 0.1) is 11.7 Å². The van der Waals surface area contributed by atoms with E-state index in [4.69, 9.17) is 9.47 Å². The molecule has 2 nitrogen and oxygen atoms in total. The molecule has 0 aliphatic carbocycles. The first-order valence-electron chi connectivity index (χ1n) is 8.06. The van der Waals surface area contributed by atoms with Crippen LogP contribution in [0.1, 0.15) is 24.7 Å². The van der Waals surface area contributed by atoms with Crippen molar-refractivity contribution in [3.63, 3.8) is 0 Å². The van der Waals surface area contributed by atoms with Crippen LogP contribution in [0.3, 0.4) is 0 Å². The van der Waals surface area contributed by atoms with Gasteiger partial charge in [0, 0.05) is 17.9 Å². The summed E-state index contributed by atoms with van der Waals surface area (Å²) in [6, 6.07) is 13.6. The minimum atomic E-state index is -4.15. The minimum absolute atomic E-state index is 0.0136. The lowest BCUT2D eigenvalue weighted by Crippen LogP contribution is -2.28. The molecule has 0 atom stereocenters. The Labute approximate surface area is 143 Å². The summed E-state index contributed by atoms with van der Waals surface area (Å²) < 4.78 is 60.8. The number of alkyl halides is 3. The van der Waals surface area contributed by atoms with E-state index in [0.717, 1.165) is 16.7 Å². The predicted octanol–water partition coefficient (Wildman–Crippen LogP) is 5.50. The standard InChI is InChI=1S/C19H18F4O2/c20-17-7-5-15(6-8-17)14-1-3-16(4-2-14)18-24-11-13(12-25-18)9-10-19(21,22)23/h1-8,13,18H,9-12H2/t13-,18-. The molecule has 0 bridgehead atoms. The van der Waals surface area contributed by atoms with Gasteiger partial charge in [0.15, 0.2) is 6.29 Å². The minimum Gasteiger partial charge on any atom is -0.348 e. The van der Waals surface area contributed by atoms with Crippen molar-refractivity contribution in [1.29, 1.82) is 0 Å². The summed E-state index contributed by atoms with van der Waals surface area (Å²) in [7, 11) is 0. The summed E-state index contributed by atoms with van der Waals surface area (Å²) >= 11 is 0. The third-order valence-electron chi connectivity index (χ3n) is 4.16. The summed E-state index contributed by atoms with van der Waals surface area (Å²) in [5, 5.41) is 0. The Hall–Kier alpha value is -1.92. The molecule has 25 heavy (non-hydrogen) atoms. The smallest absolute Gasteiger partial charge is 0.348 e. The highest BCUT2D eigenvalue weighted by Crippen LogP contribution is 2.31. The topological polar surface area (TPSA) is 18.5 Å². The highest BCUT2D eigenvalue weighted by molar-refractivity contribution is 5.63. The van der Waals surface area contributed by atoms with E-state index in [1.54, 1.807) is 12.1 Å². The molecule has 0 saturated carbocycles. The van der Waals surface area contributed by atoms with Gasteiger partial charge in [-0.2, -0.15) is 13.2 Å². The fourth-order valence-corrected chi connectivity index (χ4v) is 2.75. The van der Waals surface area contributed by atoms with Gasteiger partial charge in [0.1, 0.15) is 5.82 Å². The number of ether oxygens (including phenoxy) is 2. The zero-order valence-corrected chi connectivity index (χ0v) is 13.4. The van der Waals surface area contributed by atoms with Gasteiger partial charge in [0.05, 0.1) is 13.2 Å². The molecular weight excluding hydrogens is 336 g/mol. The maximum absolute atomic E-state index is 13.0. The van der Waals surface area contributed by atoms with E-state index in [1.807, 2.05) is 24.3 Å². The monoisotopic (exact) mass is 354 g/mol. The predicted molar refractivity (Wildman–Crippen MR) is 85.3 cm³/mol. The van der Waals surface area contributed by atoms with Crippen molar-refractivity contribution in [1.82, 2.24) is 0 Å². The summed E-state index contributed by atoms with van der Waals surface area (Å²) in [6.45, 7) is 0.501. The van der Waals surface area contributed by atoms with Gasteiger partial charge >= 0.3 is 6.18 Å². The van der Waals surface area contributed by atoms with Crippen LogP contribution in [-0.2, 0) is 9.47 Å². The van der Waals surface area contributed by atoms with Crippen molar-refractivity contribution in [3.8, 4) is 11.1 Å². The third-order valence-corrected chi connectivity index (χ3v) is 4.16. The quantitative estimate of drug-likeness (QED) is 0.675. The molecule has 2 aromatic rings. The first-order valence-corrected chi connectivity index (χ1v) is 8.06. The summed E-state index contributed by atoms with van der Waals surface area (Å²) in [4.78, 5) is 0. The second-order valence-corrected chi connectivity index (χ2v) is 6.15. The fraction of sp³-hybridized carbons (Fsp3) is 0.368. The first kappa shape index (κ1) is 17.9. The average Bonchev–Trinajstić information content (AvgIpc) is 2.61. The molecule has 0 radical (unpaired) electrons. The molecule has 1 aliphatic heterocycles. The van der Waals surface area contributed by atoms with E-state index in [9.17, 15) is 17.6 Å². The molecule has 1 saturated heterocycles. The van der Waals surface area contributed by atoms with Crippen LogP contribution in [0.5, 0.6) is 0 Å². The Bertz CT molecular complexity index is 672. The van der Waals surface area contributed by atoms with E-state index in [0.29, 0.717) is 0 Å². The zero-order valence-electron chi connectivity index (χ0n) is 13.4.